The van der Waals surface area contributed by atoms with E-state index in [0.717, 1.165) is 12.0 Å². The van der Waals surface area contributed by atoms with E-state index in [0.29, 0.717) is 17.8 Å². The molecule has 3 rings (SSSR count). The number of carbonyl (C=O) groups is 4. The van der Waals surface area contributed by atoms with Gasteiger partial charge in [-0.1, -0.05) is 70.5 Å². The molecule has 0 radical (unpaired) electrons. The van der Waals surface area contributed by atoms with Crippen molar-refractivity contribution < 1.29 is 29.0 Å². The average molecular weight is 681 g/mol. The molecular formula is C35H48N6O6S. The van der Waals surface area contributed by atoms with Gasteiger partial charge in [0, 0.05) is 43.1 Å². The van der Waals surface area contributed by atoms with Gasteiger partial charge in [0.1, 0.15) is 18.7 Å². The van der Waals surface area contributed by atoms with E-state index in [-0.39, 0.29) is 37.7 Å². The molecule has 2 heterocycles. The third-order valence-corrected chi connectivity index (χ3v) is 8.67. The second kappa shape index (κ2) is 19.6. The smallest absolute Gasteiger partial charge is 0.408 e. The lowest BCUT2D eigenvalue weighted by Gasteiger charge is -2.31. The number of pyridine rings is 1. The second-order valence-electron chi connectivity index (χ2n) is 12.5. The van der Waals surface area contributed by atoms with Crippen LogP contribution < -0.4 is 21.7 Å². The Hall–Kier alpha value is -4.20. The van der Waals surface area contributed by atoms with E-state index in [1.807, 2.05) is 58.0 Å². The van der Waals surface area contributed by atoms with Gasteiger partial charge < -0.3 is 31.5 Å². The van der Waals surface area contributed by atoms with E-state index in [2.05, 4.69) is 25.9 Å². The number of rotatable bonds is 19. The number of alkyl carbamates (subject to hydrolysis) is 1. The third-order valence-electron chi connectivity index (χ3n) is 8.04. The topological polar surface area (TPSA) is 186 Å². The first-order valence-electron chi connectivity index (χ1n) is 16.3. The van der Waals surface area contributed by atoms with Crippen molar-refractivity contribution >= 4 is 35.0 Å². The van der Waals surface area contributed by atoms with Gasteiger partial charge in [-0.2, -0.15) is 0 Å². The van der Waals surface area contributed by atoms with Gasteiger partial charge in [-0.05, 0) is 35.4 Å². The molecule has 6 N–H and O–H groups in total. The van der Waals surface area contributed by atoms with Crippen LogP contribution in [0.4, 0.5) is 4.79 Å². The van der Waals surface area contributed by atoms with Crippen LogP contribution in [-0.4, -0.2) is 69.5 Å². The molecular weight excluding hydrogens is 632 g/mol. The number of thiazole rings is 1. The molecule has 260 valence electrons. The lowest BCUT2D eigenvalue weighted by atomic mass is 9.81. The molecule has 0 fully saturated rings. The molecule has 1 aromatic carbocycles. The number of nitrogens with one attached hydrogen (secondary N) is 3. The number of nitrogens with zero attached hydrogens (tertiary/aromatic N) is 2. The van der Waals surface area contributed by atoms with Crippen molar-refractivity contribution in [1.82, 2.24) is 25.9 Å². The summed E-state index contributed by atoms with van der Waals surface area (Å²) in [5.74, 6) is -2.59. The maximum atomic E-state index is 14.3. The Morgan fingerprint density at radius 2 is 1.69 bits per heavy atom. The normalized spacial score (nSPS) is 15.0. The molecule has 0 spiro atoms. The molecule has 0 aliphatic heterocycles. The number of nitrogens with two attached hydrogens (primary N) is 1. The quantitative estimate of drug-likeness (QED) is 0.127. The van der Waals surface area contributed by atoms with Gasteiger partial charge in [0.15, 0.2) is 5.78 Å². The summed E-state index contributed by atoms with van der Waals surface area (Å²) in [5, 5.41) is 21.3. The molecule has 3 unspecified atom stereocenters. The van der Waals surface area contributed by atoms with Gasteiger partial charge in [-0.25, -0.2) is 9.78 Å². The van der Waals surface area contributed by atoms with Gasteiger partial charge in [0.2, 0.25) is 11.8 Å². The number of carbonyl (C=O) groups excluding carboxylic acids is 4. The van der Waals surface area contributed by atoms with Gasteiger partial charge in [0.05, 0.1) is 23.4 Å². The van der Waals surface area contributed by atoms with Gasteiger partial charge >= 0.3 is 6.09 Å². The number of ketones is 1. The van der Waals surface area contributed by atoms with Gasteiger partial charge in [-0.15, -0.1) is 11.3 Å². The number of ether oxygens (including phenoxy) is 1. The zero-order valence-electron chi connectivity index (χ0n) is 28.0. The number of Topliss-reactive ketones (excluding diaryl/α,β-unsaturated/α-hetero) is 1. The summed E-state index contributed by atoms with van der Waals surface area (Å²) in [4.78, 5) is 62.4. The van der Waals surface area contributed by atoms with Gasteiger partial charge in [-0.3, -0.25) is 19.4 Å². The number of benzene rings is 1. The van der Waals surface area contributed by atoms with E-state index in [1.165, 1.54) is 11.3 Å². The van der Waals surface area contributed by atoms with E-state index >= 15 is 0 Å². The van der Waals surface area contributed by atoms with E-state index in [9.17, 15) is 24.3 Å². The van der Waals surface area contributed by atoms with E-state index in [1.54, 1.807) is 35.4 Å². The number of aromatic nitrogens is 2. The number of amides is 3. The zero-order valence-corrected chi connectivity index (χ0v) is 28.8. The van der Waals surface area contributed by atoms with Crippen LogP contribution in [0.5, 0.6) is 0 Å². The largest absolute Gasteiger partial charge is 0.445 e. The van der Waals surface area contributed by atoms with E-state index < -0.39 is 53.8 Å². The lowest BCUT2D eigenvalue weighted by Crippen LogP contribution is -2.58. The predicted octanol–water partition coefficient (Wildman–Crippen LogP) is 3.19. The minimum Gasteiger partial charge on any atom is -0.445 e. The molecule has 12 nitrogen and oxygen atoms in total. The highest BCUT2D eigenvalue weighted by molar-refractivity contribution is 7.07. The van der Waals surface area contributed by atoms with Crippen LogP contribution in [0.15, 0.2) is 65.7 Å². The highest BCUT2D eigenvalue weighted by Gasteiger charge is 2.39. The van der Waals surface area contributed by atoms with Crippen LogP contribution in [-0.2, 0) is 38.6 Å². The fourth-order valence-electron chi connectivity index (χ4n) is 5.05. The first-order valence-corrected chi connectivity index (χ1v) is 17.2. The first-order chi connectivity index (χ1) is 23.0. The maximum absolute atomic E-state index is 14.3. The minimum absolute atomic E-state index is 0.00119. The van der Waals surface area contributed by atoms with Crippen molar-refractivity contribution in [2.75, 3.05) is 6.54 Å². The van der Waals surface area contributed by atoms with Crippen LogP contribution in [0.3, 0.4) is 0 Å². The summed E-state index contributed by atoms with van der Waals surface area (Å²) in [6, 6.07) is 8.96. The van der Waals surface area contributed by atoms with Crippen LogP contribution in [0, 0.1) is 17.8 Å². The van der Waals surface area contributed by atoms with Crippen molar-refractivity contribution in [3.8, 4) is 0 Å². The maximum Gasteiger partial charge on any atom is 0.408 e. The molecule has 48 heavy (non-hydrogen) atoms. The highest BCUT2D eigenvalue weighted by Crippen LogP contribution is 2.22. The Labute approximate surface area is 286 Å². The third kappa shape index (κ3) is 12.4. The molecule has 0 saturated heterocycles. The molecule has 2 aromatic heterocycles. The Morgan fingerprint density at radius 1 is 0.958 bits per heavy atom. The Kier molecular flexibility index (Phi) is 15.6. The summed E-state index contributed by atoms with van der Waals surface area (Å²) in [6.45, 7) is 8.16. The van der Waals surface area contributed by atoms with Crippen LogP contribution in [0.1, 0.15) is 57.4 Å². The van der Waals surface area contributed by atoms with E-state index in [4.69, 9.17) is 10.5 Å². The molecule has 0 saturated carbocycles. The molecule has 3 amide bonds. The van der Waals surface area contributed by atoms with Crippen molar-refractivity contribution in [3.63, 3.8) is 0 Å². The molecule has 3 aromatic rings. The molecule has 0 aliphatic carbocycles. The Morgan fingerprint density at radius 3 is 2.31 bits per heavy atom. The minimum atomic E-state index is -1.51. The Balaban J connectivity index is 1.84. The SMILES string of the molecule is CCC(C)CNC(=O)C(N)[C@@H](O)[C@H](CC(C)C)C(=O)C(Cc1cscn1)NC(=O)[C@H](Cc1cccnc1)NC(=O)OCc1ccccc1. The average Bonchev–Trinajstić information content (AvgIpc) is 3.61. The standard InChI is InChI=1S/C35H48N6O6S/c1-5-23(4)17-38-34(45)30(36)32(43)27(14-22(2)3)31(42)28(16-26-20-48-21-39-26)40-33(44)29(15-25-12-9-13-37-18-25)41-35(46)47-19-24-10-7-6-8-11-24/h6-13,18,20-23,27-30,32,43H,5,14-17,19,36H2,1-4H3,(H,38,45)(H,40,44)(H,41,46)/t23?,27-,28?,29+,30?,32+/m1/s1. The van der Waals surface area contributed by atoms with Crippen LogP contribution in [0.2, 0.25) is 0 Å². The number of hydrogen-bond donors (Lipinski definition) is 5. The van der Waals surface area contributed by atoms with Crippen LogP contribution >= 0.6 is 11.3 Å². The molecule has 6 atom stereocenters. The van der Waals surface area contributed by atoms with Crippen molar-refractivity contribution in [3.05, 3.63) is 82.6 Å². The lowest BCUT2D eigenvalue weighted by molar-refractivity contribution is -0.136. The van der Waals surface area contributed by atoms with Crippen molar-refractivity contribution in [2.45, 2.75) is 84.2 Å². The fraction of sp³-hybridized carbons (Fsp3) is 0.486. The molecule has 0 aliphatic rings. The number of hydrogen-bond acceptors (Lipinski definition) is 10. The van der Waals surface area contributed by atoms with Crippen molar-refractivity contribution in [1.29, 1.82) is 0 Å². The summed E-state index contributed by atoms with van der Waals surface area (Å²) in [5.41, 5.74) is 9.85. The van der Waals surface area contributed by atoms with Gasteiger partial charge in [0.25, 0.3) is 0 Å². The molecule has 13 heteroatoms. The monoisotopic (exact) mass is 680 g/mol. The summed E-state index contributed by atoms with van der Waals surface area (Å²) < 4.78 is 5.38. The highest BCUT2D eigenvalue weighted by atomic mass is 32.1. The Bertz CT molecular complexity index is 1430. The second-order valence-corrected chi connectivity index (χ2v) is 13.2. The number of aliphatic hydroxyl groups excluding tert-OH is 1. The van der Waals surface area contributed by atoms with Crippen molar-refractivity contribution in [2.24, 2.45) is 23.5 Å². The fourth-order valence-corrected chi connectivity index (χ4v) is 5.62. The summed E-state index contributed by atoms with van der Waals surface area (Å²) in [6.07, 6.45) is 2.03. The van der Waals surface area contributed by atoms with Crippen LogP contribution in [0.25, 0.3) is 0 Å². The summed E-state index contributed by atoms with van der Waals surface area (Å²) >= 11 is 1.34. The predicted molar refractivity (Wildman–Crippen MR) is 184 cm³/mol. The zero-order chi connectivity index (χ0) is 35.1. The molecule has 0 bridgehead atoms. The first kappa shape index (κ1) is 38.2. The number of aliphatic hydroxyl groups is 1. The summed E-state index contributed by atoms with van der Waals surface area (Å²) in [7, 11) is 0.